The van der Waals surface area contributed by atoms with Gasteiger partial charge in [-0.05, 0) is 47.9 Å². The van der Waals surface area contributed by atoms with Gasteiger partial charge in [0.15, 0.2) is 0 Å². The Bertz CT molecular complexity index is 549. The summed E-state index contributed by atoms with van der Waals surface area (Å²) in [5, 5.41) is 3.99. The highest BCUT2D eigenvalue weighted by Crippen LogP contribution is 2.27. The van der Waals surface area contributed by atoms with Crippen LogP contribution in [-0.4, -0.2) is 7.05 Å². The zero-order valence-electron chi connectivity index (χ0n) is 11.5. The van der Waals surface area contributed by atoms with Crippen molar-refractivity contribution in [2.45, 2.75) is 26.3 Å². The highest BCUT2D eigenvalue weighted by atomic mass is 35.5. The molecule has 0 aliphatic heterocycles. The molecule has 0 aliphatic rings. The summed E-state index contributed by atoms with van der Waals surface area (Å²) < 4.78 is 0. The molecule has 0 saturated heterocycles. The Hall–Kier alpha value is -1.31. The average Bonchev–Trinajstić information content (AvgIpc) is 2.40. The van der Waals surface area contributed by atoms with Gasteiger partial charge in [-0.1, -0.05) is 55.3 Å². The maximum Gasteiger partial charge on any atom is 0.0409 e. The van der Waals surface area contributed by atoms with E-state index in [0.717, 1.165) is 18.0 Å². The molecule has 0 saturated carbocycles. The highest BCUT2D eigenvalue weighted by molar-refractivity contribution is 6.30. The van der Waals surface area contributed by atoms with E-state index in [1.165, 1.54) is 28.7 Å². The summed E-state index contributed by atoms with van der Waals surface area (Å²) in [6.45, 7) is 3.04. The third kappa shape index (κ3) is 3.59. The molecule has 0 amide bonds. The topological polar surface area (TPSA) is 12.0 Å². The van der Waals surface area contributed by atoms with Crippen molar-refractivity contribution in [2.75, 3.05) is 7.05 Å². The SMILES string of the molecule is CCCc1cccc(-c2ccc(Cl)cc2CNC)c1. The molecule has 0 heterocycles. The second-order valence-electron chi connectivity index (χ2n) is 4.78. The van der Waals surface area contributed by atoms with Crippen LogP contribution in [0.4, 0.5) is 0 Å². The Morgan fingerprint density at radius 2 is 1.95 bits per heavy atom. The van der Waals surface area contributed by atoms with E-state index in [9.17, 15) is 0 Å². The second kappa shape index (κ2) is 6.74. The molecular formula is C17H20ClN. The molecule has 0 unspecified atom stereocenters. The third-order valence-corrected chi connectivity index (χ3v) is 3.45. The van der Waals surface area contributed by atoms with Crippen LogP contribution in [0.3, 0.4) is 0 Å². The largest absolute Gasteiger partial charge is 0.316 e. The Morgan fingerprint density at radius 1 is 1.11 bits per heavy atom. The third-order valence-electron chi connectivity index (χ3n) is 3.21. The molecular weight excluding hydrogens is 254 g/mol. The normalized spacial score (nSPS) is 10.7. The van der Waals surface area contributed by atoms with Crippen LogP contribution in [-0.2, 0) is 13.0 Å². The minimum absolute atomic E-state index is 0.790. The lowest BCUT2D eigenvalue weighted by Gasteiger charge is -2.11. The summed E-state index contributed by atoms with van der Waals surface area (Å²) in [6, 6.07) is 14.9. The minimum Gasteiger partial charge on any atom is -0.316 e. The van der Waals surface area contributed by atoms with Crippen molar-refractivity contribution in [3.05, 3.63) is 58.6 Å². The van der Waals surface area contributed by atoms with Crippen LogP contribution in [0, 0.1) is 0 Å². The fourth-order valence-electron chi connectivity index (χ4n) is 2.36. The minimum atomic E-state index is 0.790. The average molecular weight is 274 g/mol. The molecule has 0 atom stereocenters. The first-order valence-electron chi connectivity index (χ1n) is 6.77. The number of hydrogen-bond donors (Lipinski definition) is 1. The fourth-order valence-corrected chi connectivity index (χ4v) is 2.56. The summed E-state index contributed by atoms with van der Waals surface area (Å²) >= 11 is 6.09. The van der Waals surface area contributed by atoms with Gasteiger partial charge in [-0.2, -0.15) is 0 Å². The Balaban J connectivity index is 2.42. The molecule has 1 nitrogen and oxygen atoms in total. The van der Waals surface area contributed by atoms with E-state index in [4.69, 9.17) is 11.6 Å². The fraction of sp³-hybridized carbons (Fsp3) is 0.294. The number of hydrogen-bond acceptors (Lipinski definition) is 1. The van der Waals surface area contributed by atoms with E-state index < -0.39 is 0 Å². The zero-order valence-corrected chi connectivity index (χ0v) is 12.3. The Kier molecular flexibility index (Phi) is 5.00. The lowest BCUT2D eigenvalue weighted by Crippen LogP contribution is -2.06. The van der Waals surface area contributed by atoms with Crippen molar-refractivity contribution in [2.24, 2.45) is 0 Å². The van der Waals surface area contributed by atoms with E-state index in [-0.39, 0.29) is 0 Å². The van der Waals surface area contributed by atoms with Crippen molar-refractivity contribution in [3.63, 3.8) is 0 Å². The second-order valence-corrected chi connectivity index (χ2v) is 5.22. The van der Waals surface area contributed by atoms with Crippen LogP contribution < -0.4 is 5.32 Å². The van der Waals surface area contributed by atoms with Gasteiger partial charge in [0.05, 0.1) is 0 Å². The van der Waals surface area contributed by atoms with Crippen LogP contribution in [0.1, 0.15) is 24.5 Å². The van der Waals surface area contributed by atoms with E-state index >= 15 is 0 Å². The van der Waals surface area contributed by atoms with E-state index in [1.54, 1.807) is 0 Å². The molecule has 100 valence electrons. The predicted molar refractivity (Wildman–Crippen MR) is 83.6 cm³/mol. The van der Waals surface area contributed by atoms with Crippen LogP contribution in [0.15, 0.2) is 42.5 Å². The quantitative estimate of drug-likeness (QED) is 0.834. The van der Waals surface area contributed by atoms with Crippen molar-refractivity contribution in [1.82, 2.24) is 5.32 Å². The maximum absolute atomic E-state index is 6.09. The number of halogens is 1. The molecule has 0 fully saturated rings. The summed E-state index contributed by atoms with van der Waals surface area (Å²) in [5.41, 5.74) is 5.17. The molecule has 2 aromatic carbocycles. The first-order valence-corrected chi connectivity index (χ1v) is 7.14. The number of benzene rings is 2. The lowest BCUT2D eigenvalue weighted by atomic mass is 9.97. The summed E-state index contributed by atoms with van der Waals surface area (Å²) in [4.78, 5) is 0. The van der Waals surface area contributed by atoms with Crippen LogP contribution >= 0.6 is 11.6 Å². The number of aryl methyl sites for hydroxylation is 1. The molecule has 0 aliphatic carbocycles. The molecule has 2 rings (SSSR count). The van der Waals surface area contributed by atoms with Gasteiger partial charge in [0.2, 0.25) is 0 Å². The number of nitrogens with one attached hydrogen (secondary N) is 1. The molecule has 2 heteroatoms. The van der Waals surface area contributed by atoms with Crippen molar-refractivity contribution < 1.29 is 0 Å². The van der Waals surface area contributed by atoms with Crippen molar-refractivity contribution in [3.8, 4) is 11.1 Å². The van der Waals surface area contributed by atoms with Crippen LogP contribution in [0.2, 0.25) is 5.02 Å². The monoisotopic (exact) mass is 273 g/mol. The molecule has 2 aromatic rings. The zero-order chi connectivity index (χ0) is 13.7. The predicted octanol–water partition coefficient (Wildman–Crippen LogP) is 4.68. The van der Waals surface area contributed by atoms with Gasteiger partial charge in [-0.25, -0.2) is 0 Å². The summed E-state index contributed by atoms with van der Waals surface area (Å²) in [7, 11) is 1.96. The van der Waals surface area contributed by atoms with E-state index in [0.29, 0.717) is 0 Å². The first kappa shape index (κ1) is 14.1. The summed E-state index contributed by atoms with van der Waals surface area (Å²) in [5.74, 6) is 0. The van der Waals surface area contributed by atoms with E-state index in [2.05, 4.69) is 42.6 Å². The standard InChI is InChI=1S/C17H20ClN/c1-3-5-13-6-4-7-14(10-13)17-9-8-16(18)11-15(17)12-19-2/h4,6-11,19H,3,5,12H2,1-2H3. The molecule has 0 aromatic heterocycles. The highest BCUT2D eigenvalue weighted by Gasteiger charge is 2.06. The maximum atomic E-state index is 6.09. The number of rotatable bonds is 5. The smallest absolute Gasteiger partial charge is 0.0409 e. The van der Waals surface area contributed by atoms with Crippen LogP contribution in [0.25, 0.3) is 11.1 Å². The van der Waals surface area contributed by atoms with Gasteiger partial charge in [-0.3, -0.25) is 0 Å². The van der Waals surface area contributed by atoms with Gasteiger partial charge in [-0.15, -0.1) is 0 Å². The van der Waals surface area contributed by atoms with Gasteiger partial charge >= 0.3 is 0 Å². The summed E-state index contributed by atoms with van der Waals surface area (Å²) in [6.07, 6.45) is 2.30. The van der Waals surface area contributed by atoms with Crippen LogP contribution in [0.5, 0.6) is 0 Å². The Morgan fingerprint density at radius 3 is 2.68 bits per heavy atom. The Labute approximate surface area is 120 Å². The van der Waals surface area contributed by atoms with E-state index in [1.807, 2.05) is 19.2 Å². The van der Waals surface area contributed by atoms with Gasteiger partial charge in [0.25, 0.3) is 0 Å². The lowest BCUT2D eigenvalue weighted by molar-refractivity contribution is 0.819. The van der Waals surface area contributed by atoms with Gasteiger partial charge < -0.3 is 5.32 Å². The van der Waals surface area contributed by atoms with Crippen molar-refractivity contribution >= 4 is 11.6 Å². The molecule has 0 radical (unpaired) electrons. The molecule has 0 bridgehead atoms. The van der Waals surface area contributed by atoms with Gasteiger partial charge in [0, 0.05) is 11.6 Å². The first-order chi connectivity index (χ1) is 9.24. The van der Waals surface area contributed by atoms with Crippen molar-refractivity contribution in [1.29, 1.82) is 0 Å². The molecule has 1 N–H and O–H groups in total. The molecule has 0 spiro atoms. The molecule has 19 heavy (non-hydrogen) atoms. The van der Waals surface area contributed by atoms with Gasteiger partial charge in [0.1, 0.15) is 0 Å².